The van der Waals surface area contributed by atoms with Gasteiger partial charge >= 0.3 is 5.97 Å². The van der Waals surface area contributed by atoms with E-state index in [1.807, 2.05) is 0 Å². The number of aromatic nitrogens is 1. The van der Waals surface area contributed by atoms with Crippen molar-refractivity contribution in [3.05, 3.63) is 102 Å². The highest BCUT2D eigenvalue weighted by molar-refractivity contribution is 7.98. The first-order valence-corrected chi connectivity index (χ1v) is 12.3. The largest absolute Gasteiger partial charge is 0.489 e. The molecule has 2 N–H and O–H groups in total. The molecule has 1 aromatic heterocycles. The number of ketones is 1. The van der Waals surface area contributed by atoms with Crippen LogP contribution in [-0.4, -0.2) is 34.6 Å². The normalized spacial score (nSPS) is 11.8. The summed E-state index contributed by atoms with van der Waals surface area (Å²) in [5.41, 5.74) is 2.65. The Hall–Kier alpha value is -4.02. The molecule has 0 saturated heterocycles. The standard InChI is InChI=1S/C27H22F2N2O5S/c1-37-24-11-22(29)21(28)10-20(24)17-5-7-19(8-6-17)36-13-16-3-2-4-18(9-16)27(34)26(30-12-25(32)33)23-14-35-15-31-23/h2-11,14-15,26,30H,12-13H2,1H3,(H,32,33). The first kappa shape index (κ1) is 26.1. The average Bonchev–Trinajstić information content (AvgIpc) is 3.44. The SMILES string of the molecule is CSc1cc(F)c(F)cc1-c1ccc(OCc2cccc(C(=O)C(NCC(=O)O)c3cocn3)c2)cc1. The molecule has 0 amide bonds. The smallest absolute Gasteiger partial charge is 0.317 e. The maximum atomic E-state index is 13.8. The van der Waals surface area contributed by atoms with Crippen LogP contribution in [0.15, 0.2) is 82.6 Å². The molecule has 0 aliphatic heterocycles. The molecule has 37 heavy (non-hydrogen) atoms. The number of halogens is 2. The van der Waals surface area contributed by atoms with Crippen molar-refractivity contribution in [1.82, 2.24) is 10.3 Å². The molecule has 0 bridgehead atoms. The Balaban J connectivity index is 1.46. The summed E-state index contributed by atoms with van der Waals surface area (Å²) in [5.74, 6) is -2.72. The summed E-state index contributed by atoms with van der Waals surface area (Å²) in [4.78, 5) is 28.7. The van der Waals surface area contributed by atoms with E-state index in [-0.39, 0.29) is 18.1 Å². The van der Waals surface area contributed by atoms with Gasteiger partial charge in [-0.25, -0.2) is 13.8 Å². The van der Waals surface area contributed by atoms with Crippen LogP contribution in [0.3, 0.4) is 0 Å². The molecule has 4 rings (SSSR count). The highest BCUT2D eigenvalue weighted by Crippen LogP contribution is 2.33. The van der Waals surface area contributed by atoms with Gasteiger partial charge in [0, 0.05) is 10.5 Å². The minimum atomic E-state index is -1.11. The van der Waals surface area contributed by atoms with Gasteiger partial charge in [0.2, 0.25) is 0 Å². The van der Waals surface area contributed by atoms with E-state index in [0.717, 1.165) is 11.1 Å². The predicted octanol–water partition coefficient (Wildman–Crippen LogP) is 5.52. The monoisotopic (exact) mass is 524 g/mol. The Morgan fingerprint density at radius 2 is 1.86 bits per heavy atom. The van der Waals surface area contributed by atoms with Crippen LogP contribution in [0.4, 0.5) is 8.78 Å². The fourth-order valence-electron chi connectivity index (χ4n) is 3.69. The maximum absolute atomic E-state index is 13.8. The molecule has 1 unspecified atom stereocenters. The van der Waals surface area contributed by atoms with Gasteiger partial charge in [-0.05, 0) is 53.3 Å². The zero-order chi connectivity index (χ0) is 26.4. The minimum Gasteiger partial charge on any atom is -0.489 e. The summed E-state index contributed by atoms with van der Waals surface area (Å²) in [6, 6.07) is 15.1. The van der Waals surface area contributed by atoms with Crippen molar-refractivity contribution in [1.29, 1.82) is 0 Å². The number of rotatable bonds is 11. The van der Waals surface area contributed by atoms with Crippen molar-refractivity contribution >= 4 is 23.5 Å². The average molecular weight is 525 g/mol. The lowest BCUT2D eigenvalue weighted by Crippen LogP contribution is -2.33. The summed E-state index contributed by atoms with van der Waals surface area (Å²) in [5, 5.41) is 11.7. The zero-order valence-corrected chi connectivity index (χ0v) is 20.4. The van der Waals surface area contributed by atoms with Crippen molar-refractivity contribution in [3.63, 3.8) is 0 Å². The fraction of sp³-hybridized carbons (Fsp3) is 0.148. The van der Waals surface area contributed by atoms with Gasteiger partial charge in [-0.15, -0.1) is 11.8 Å². The molecule has 10 heteroatoms. The molecule has 0 fully saturated rings. The van der Waals surface area contributed by atoms with Crippen LogP contribution in [0.2, 0.25) is 0 Å². The number of thioether (sulfide) groups is 1. The van der Waals surface area contributed by atoms with Gasteiger partial charge in [-0.2, -0.15) is 0 Å². The molecule has 4 aromatic rings. The summed E-state index contributed by atoms with van der Waals surface area (Å²) in [7, 11) is 0. The van der Waals surface area contributed by atoms with Gasteiger partial charge in [0.25, 0.3) is 0 Å². The van der Waals surface area contributed by atoms with E-state index in [4.69, 9.17) is 14.3 Å². The van der Waals surface area contributed by atoms with Crippen LogP contribution in [0.5, 0.6) is 5.75 Å². The number of aliphatic carboxylic acids is 1. The highest BCUT2D eigenvalue weighted by Gasteiger charge is 2.25. The molecule has 0 spiro atoms. The number of nitrogens with zero attached hydrogens (tertiary/aromatic N) is 1. The Morgan fingerprint density at radius 3 is 2.54 bits per heavy atom. The van der Waals surface area contributed by atoms with Crippen molar-refractivity contribution in [2.75, 3.05) is 12.8 Å². The van der Waals surface area contributed by atoms with Crippen LogP contribution >= 0.6 is 11.8 Å². The van der Waals surface area contributed by atoms with E-state index in [0.29, 0.717) is 21.8 Å². The number of carbonyl (C=O) groups is 2. The lowest BCUT2D eigenvalue weighted by atomic mass is 10.00. The van der Waals surface area contributed by atoms with Crippen molar-refractivity contribution in [3.8, 4) is 16.9 Å². The van der Waals surface area contributed by atoms with Crippen LogP contribution < -0.4 is 10.1 Å². The van der Waals surface area contributed by atoms with Crippen molar-refractivity contribution in [2.24, 2.45) is 0 Å². The quantitative estimate of drug-likeness (QED) is 0.195. The van der Waals surface area contributed by atoms with Crippen molar-refractivity contribution in [2.45, 2.75) is 17.5 Å². The Bertz CT molecular complexity index is 1390. The van der Waals surface area contributed by atoms with Crippen molar-refractivity contribution < 1.29 is 32.6 Å². The number of nitrogens with one attached hydrogen (secondary N) is 1. The third kappa shape index (κ3) is 6.41. The third-order valence-corrected chi connectivity index (χ3v) is 6.27. The molecule has 190 valence electrons. The summed E-state index contributed by atoms with van der Waals surface area (Å²) in [6.45, 7) is -0.260. The molecule has 0 saturated carbocycles. The number of carbonyl (C=O) groups excluding carboxylic acids is 1. The Labute approximate surface area is 215 Å². The number of ether oxygens (including phenoxy) is 1. The molecule has 0 aliphatic rings. The molecular weight excluding hydrogens is 502 g/mol. The van der Waals surface area contributed by atoms with Gasteiger partial charge in [-0.3, -0.25) is 14.9 Å². The molecule has 1 atom stereocenters. The number of benzene rings is 3. The number of oxazole rings is 1. The molecule has 1 heterocycles. The molecule has 0 radical (unpaired) electrons. The number of hydrogen-bond acceptors (Lipinski definition) is 7. The third-order valence-electron chi connectivity index (χ3n) is 5.49. The number of hydrogen-bond donors (Lipinski definition) is 2. The fourth-order valence-corrected chi connectivity index (χ4v) is 4.30. The van der Waals surface area contributed by atoms with E-state index in [9.17, 15) is 18.4 Å². The number of carboxylic acid groups (broad SMARTS) is 1. The van der Waals surface area contributed by atoms with E-state index in [1.54, 1.807) is 54.8 Å². The van der Waals surface area contributed by atoms with E-state index < -0.39 is 30.2 Å². The zero-order valence-electron chi connectivity index (χ0n) is 19.6. The predicted molar refractivity (Wildman–Crippen MR) is 134 cm³/mol. The van der Waals surface area contributed by atoms with Crippen LogP contribution in [0, 0.1) is 11.6 Å². The summed E-state index contributed by atoms with van der Waals surface area (Å²) < 4.78 is 38.2. The highest BCUT2D eigenvalue weighted by atomic mass is 32.2. The second-order valence-corrected chi connectivity index (χ2v) is 8.81. The molecular formula is C27H22F2N2O5S. The Kier molecular flexibility index (Phi) is 8.32. The van der Waals surface area contributed by atoms with Crippen LogP contribution in [0.1, 0.15) is 27.7 Å². The minimum absolute atomic E-state index is 0.166. The van der Waals surface area contributed by atoms with Gasteiger partial charge in [0.05, 0.1) is 6.54 Å². The lowest BCUT2D eigenvalue weighted by molar-refractivity contribution is -0.136. The molecule has 0 aliphatic carbocycles. The molecule has 7 nitrogen and oxygen atoms in total. The maximum Gasteiger partial charge on any atom is 0.317 e. The summed E-state index contributed by atoms with van der Waals surface area (Å²) in [6.07, 6.45) is 4.25. The van der Waals surface area contributed by atoms with E-state index >= 15 is 0 Å². The second kappa shape index (κ2) is 11.8. The van der Waals surface area contributed by atoms with Gasteiger partial charge in [0.15, 0.2) is 23.8 Å². The van der Waals surface area contributed by atoms with Crippen LogP contribution in [-0.2, 0) is 11.4 Å². The summed E-state index contributed by atoms with van der Waals surface area (Å²) >= 11 is 1.33. The first-order chi connectivity index (χ1) is 17.9. The Morgan fingerprint density at radius 1 is 1.11 bits per heavy atom. The van der Waals surface area contributed by atoms with Gasteiger partial charge in [-0.1, -0.05) is 30.3 Å². The second-order valence-electron chi connectivity index (χ2n) is 7.97. The van der Waals surface area contributed by atoms with E-state index in [2.05, 4.69) is 10.3 Å². The first-order valence-electron chi connectivity index (χ1n) is 11.1. The number of carboxylic acids is 1. The van der Waals surface area contributed by atoms with Gasteiger partial charge in [0.1, 0.15) is 30.4 Å². The lowest BCUT2D eigenvalue weighted by Gasteiger charge is -2.15. The van der Waals surface area contributed by atoms with Crippen LogP contribution in [0.25, 0.3) is 11.1 Å². The van der Waals surface area contributed by atoms with E-state index in [1.165, 1.54) is 36.6 Å². The van der Waals surface area contributed by atoms with Gasteiger partial charge < -0.3 is 14.3 Å². The molecule has 3 aromatic carbocycles. The number of Topliss-reactive ketones (excluding diaryl/α,β-unsaturated/α-hetero) is 1. The topological polar surface area (TPSA) is 102 Å².